The maximum absolute atomic E-state index is 13.4. The Morgan fingerprint density at radius 3 is 2.76 bits per heavy atom. The summed E-state index contributed by atoms with van der Waals surface area (Å²) in [6.07, 6.45) is 2.58. The number of pyridine rings is 1. The van der Waals surface area contributed by atoms with Crippen molar-refractivity contribution < 1.29 is 9.13 Å². The summed E-state index contributed by atoms with van der Waals surface area (Å²) in [6.45, 7) is 3.35. The molecule has 1 N–H and O–H groups in total. The van der Waals surface area contributed by atoms with Gasteiger partial charge in [0.1, 0.15) is 10.6 Å². The number of anilines is 1. The van der Waals surface area contributed by atoms with Crippen molar-refractivity contribution in [1.82, 2.24) is 19.3 Å². The third-order valence-electron chi connectivity index (χ3n) is 4.50. The number of benzene rings is 1. The zero-order valence-electron chi connectivity index (χ0n) is 16.1. The number of fused-ring (bicyclic) bond motifs is 1. The van der Waals surface area contributed by atoms with E-state index in [2.05, 4.69) is 25.7 Å². The van der Waals surface area contributed by atoms with Gasteiger partial charge in [-0.05, 0) is 61.3 Å². The molecule has 0 unspecified atom stereocenters. The van der Waals surface area contributed by atoms with Crippen LogP contribution in [0.2, 0.25) is 0 Å². The summed E-state index contributed by atoms with van der Waals surface area (Å²) in [5.41, 5.74) is 4.09. The van der Waals surface area contributed by atoms with Crippen LogP contribution in [-0.2, 0) is 4.74 Å². The van der Waals surface area contributed by atoms with Crippen molar-refractivity contribution in [3.05, 3.63) is 54.1 Å². The van der Waals surface area contributed by atoms with Crippen LogP contribution in [0.3, 0.4) is 0 Å². The minimum atomic E-state index is -0.283. The number of hydrogen-bond donors (Lipinski definition) is 1. The second-order valence-electron chi connectivity index (χ2n) is 6.55. The molecule has 3 heterocycles. The van der Waals surface area contributed by atoms with Crippen molar-refractivity contribution in [3.63, 3.8) is 0 Å². The predicted octanol–water partition coefficient (Wildman–Crippen LogP) is 4.71. The van der Waals surface area contributed by atoms with Crippen LogP contribution in [0.4, 0.5) is 10.3 Å². The second-order valence-corrected chi connectivity index (χ2v) is 7.30. The maximum atomic E-state index is 13.4. The summed E-state index contributed by atoms with van der Waals surface area (Å²) in [4.78, 5) is 14.6. The minimum absolute atomic E-state index is 0.283. The van der Waals surface area contributed by atoms with E-state index in [9.17, 15) is 4.39 Å². The highest BCUT2D eigenvalue weighted by Gasteiger charge is 2.16. The first-order chi connectivity index (χ1) is 14.2. The van der Waals surface area contributed by atoms with E-state index in [0.29, 0.717) is 19.1 Å². The molecule has 4 rings (SSSR count). The molecule has 0 aliphatic carbocycles. The van der Waals surface area contributed by atoms with E-state index < -0.39 is 0 Å². The highest BCUT2D eigenvalue weighted by molar-refractivity contribution is 7.12. The highest BCUT2D eigenvalue weighted by atomic mass is 32.1. The Hall–Kier alpha value is -2.97. The molecule has 0 saturated carbocycles. The fourth-order valence-electron chi connectivity index (χ4n) is 3.02. The van der Waals surface area contributed by atoms with E-state index in [-0.39, 0.29) is 5.82 Å². The summed E-state index contributed by atoms with van der Waals surface area (Å²) in [5.74, 6) is 0.263. The molecule has 0 bridgehead atoms. The van der Waals surface area contributed by atoms with E-state index in [0.717, 1.165) is 44.8 Å². The smallest absolute Gasteiger partial charge is 0.223 e. The highest BCUT2D eigenvalue weighted by Crippen LogP contribution is 2.34. The third kappa shape index (κ3) is 4.23. The zero-order chi connectivity index (χ0) is 20.2. The molecule has 0 aliphatic rings. The van der Waals surface area contributed by atoms with E-state index in [4.69, 9.17) is 9.72 Å². The molecular weight excluding hydrogens is 389 g/mol. The molecule has 4 aromatic rings. The van der Waals surface area contributed by atoms with E-state index in [1.165, 1.54) is 23.7 Å². The summed E-state index contributed by atoms with van der Waals surface area (Å²) >= 11 is 1.36. The molecule has 1 aromatic carbocycles. The predicted molar refractivity (Wildman–Crippen MR) is 114 cm³/mol. The summed E-state index contributed by atoms with van der Waals surface area (Å²) in [7, 11) is 1.68. The fraction of sp³-hybridized carbons (Fsp3) is 0.238. The molecule has 6 nitrogen and oxygen atoms in total. The monoisotopic (exact) mass is 409 g/mol. The molecule has 29 heavy (non-hydrogen) atoms. The molecule has 148 valence electrons. The fourth-order valence-corrected chi connectivity index (χ4v) is 3.78. The average Bonchev–Trinajstić information content (AvgIpc) is 3.11. The van der Waals surface area contributed by atoms with Gasteiger partial charge in [-0.25, -0.2) is 19.3 Å². The Bertz CT molecular complexity index is 1130. The van der Waals surface area contributed by atoms with Crippen LogP contribution in [0.5, 0.6) is 0 Å². The van der Waals surface area contributed by atoms with Crippen molar-refractivity contribution in [2.45, 2.75) is 13.3 Å². The number of hydrogen-bond acceptors (Lipinski definition) is 7. The molecule has 0 amide bonds. The number of aromatic nitrogens is 4. The molecule has 8 heteroatoms. The first kappa shape index (κ1) is 19.4. The second kappa shape index (κ2) is 8.59. The lowest BCUT2D eigenvalue weighted by Gasteiger charge is -2.11. The summed E-state index contributed by atoms with van der Waals surface area (Å²) in [6, 6.07) is 10.2. The largest absolute Gasteiger partial charge is 0.385 e. The van der Waals surface area contributed by atoms with Gasteiger partial charge >= 0.3 is 0 Å². The van der Waals surface area contributed by atoms with Gasteiger partial charge in [0, 0.05) is 43.0 Å². The van der Waals surface area contributed by atoms with Crippen LogP contribution in [0.15, 0.2) is 42.6 Å². The molecular formula is C21H20FN5OS. The van der Waals surface area contributed by atoms with Crippen molar-refractivity contribution in [2.24, 2.45) is 0 Å². The van der Waals surface area contributed by atoms with Crippen LogP contribution in [0, 0.1) is 12.7 Å². The molecule has 0 fully saturated rings. The first-order valence-electron chi connectivity index (χ1n) is 9.25. The van der Waals surface area contributed by atoms with Gasteiger partial charge in [0.15, 0.2) is 0 Å². The van der Waals surface area contributed by atoms with Gasteiger partial charge in [0.25, 0.3) is 0 Å². The lowest BCUT2D eigenvalue weighted by atomic mass is 10.0. The molecule has 0 radical (unpaired) electrons. The minimum Gasteiger partial charge on any atom is -0.385 e. The van der Waals surface area contributed by atoms with Crippen molar-refractivity contribution >= 4 is 27.7 Å². The molecule has 0 aliphatic heterocycles. The Morgan fingerprint density at radius 2 is 1.97 bits per heavy atom. The number of nitrogens with one attached hydrogen (secondary N) is 1. The number of rotatable bonds is 7. The van der Waals surface area contributed by atoms with E-state index in [1.807, 2.05) is 13.0 Å². The topological polar surface area (TPSA) is 72.8 Å². The van der Waals surface area contributed by atoms with Crippen LogP contribution in [-0.4, -0.2) is 39.6 Å². The van der Waals surface area contributed by atoms with Crippen molar-refractivity contribution in [1.29, 1.82) is 0 Å². The molecule has 0 atom stereocenters. The van der Waals surface area contributed by atoms with Crippen LogP contribution >= 0.6 is 11.5 Å². The quantitative estimate of drug-likeness (QED) is 0.446. The number of aryl methyl sites for hydroxylation is 1. The van der Waals surface area contributed by atoms with Crippen molar-refractivity contribution in [2.75, 3.05) is 25.6 Å². The van der Waals surface area contributed by atoms with Crippen LogP contribution in [0.25, 0.3) is 32.7 Å². The van der Waals surface area contributed by atoms with Gasteiger partial charge in [-0.1, -0.05) is 0 Å². The van der Waals surface area contributed by atoms with Crippen LogP contribution < -0.4 is 5.32 Å². The van der Waals surface area contributed by atoms with Crippen LogP contribution in [0.1, 0.15) is 12.1 Å². The number of methoxy groups -OCH3 is 1. The molecule has 0 spiro atoms. The average molecular weight is 409 g/mol. The van der Waals surface area contributed by atoms with Gasteiger partial charge in [-0.3, -0.25) is 0 Å². The first-order valence-corrected chi connectivity index (χ1v) is 10.0. The van der Waals surface area contributed by atoms with Gasteiger partial charge in [0.05, 0.1) is 17.1 Å². The number of ether oxygens (including phenoxy) is 1. The normalized spacial score (nSPS) is 11.1. The van der Waals surface area contributed by atoms with Gasteiger partial charge in [0.2, 0.25) is 5.95 Å². The number of halogens is 1. The lowest BCUT2D eigenvalue weighted by Crippen LogP contribution is -2.08. The standard InChI is InChI=1S/C21H20FN5OS/c1-13-16-12-17(18-8-10-24-21(25-18)23-9-3-11-28-2)19(26-20(16)29-27-13)14-4-6-15(22)7-5-14/h4-8,10,12H,3,9,11H2,1-2H3,(H,23,24,25). The summed E-state index contributed by atoms with van der Waals surface area (Å²) in [5, 5.41) is 4.21. The Morgan fingerprint density at radius 1 is 1.14 bits per heavy atom. The Kier molecular flexibility index (Phi) is 5.73. The number of nitrogens with zero attached hydrogens (tertiary/aromatic N) is 4. The van der Waals surface area contributed by atoms with Gasteiger partial charge < -0.3 is 10.1 Å². The Labute approximate surface area is 172 Å². The maximum Gasteiger partial charge on any atom is 0.223 e. The molecule has 3 aromatic heterocycles. The molecule has 0 saturated heterocycles. The van der Waals surface area contributed by atoms with E-state index >= 15 is 0 Å². The SMILES string of the molecule is COCCCNc1nccc(-c2cc3c(C)nsc3nc2-c2ccc(F)cc2)n1. The Balaban J connectivity index is 1.78. The zero-order valence-corrected chi connectivity index (χ0v) is 17.0. The van der Waals surface area contributed by atoms with E-state index in [1.54, 1.807) is 25.4 Å². The summed E-state index contributed by atoms with van der Waals surface area (Å²) < 4.78 is 22.9. The lowest BCUT2D eigenvalue weighted by molar-refractivity contribution is 0.197. The van der Waals surface area contributed by atoms with Crippen molar-refractivity contribution in [3.8, 4) is 22.5 Å². The van der Waals surface area contributed by atoms with Gasteiger partial charge in [-0.15, -0.1) is 0 Å². The third-order valence-corrected chi connectivity index (χ3v) is 5.35. The van der Waals surface area contributed by atoms with Gasteiger partial charge in [-0.2, -0.15) is 4.37 Å².